The van der Waals surface area contributed by atoms with E-state index < -0.39 is 133 Å². The van der Waals surface area contributed by atoms with Gasteiger partial charge in [0.25, 0.3) is 0 Å². The predicted molar refractivity (Wildman–Crippen MR) is 309 cm³/mol. The molecule has 0 spiro atoms. The van der Waals surface area contributed by atoms with Gasteiger partial charge in [-0.05, 0) is 80.9 Å². The van der Waals surface area contributed by atoms with Crippen LogP contribution < -0.4 is 53.2 Å². The van der Waals surface area contributed by atoms with Gasteiger partial charge in [-0.15, -0.1) is 11.3 Å². The second-order valence-electron chi connectivity index (χ2n) is 21.5. The van der Waals surface area contributed by atoms with Crippen molar-refractivity contribution in [2.24, 2.45) is 5.92 Å². The molecule has 12 N–H and O–H groups in total. The van der Waals surface area contributed by atoms with E-state index in [1.54, 1.807) is 48.6 Å². The molecule has 1 aliphatic carbocycles. The van der Waals surface area contributed by atoms with E-state index in [-0.39, 0.29) is 88.7 Å². The molecule has 84 heavy (non-hydrogen) atoms. The zero-order valence-electron chi connectivity index (χ0n) is 47.7. The minimum Gasteiger partial charge on any atom is -0.481 e. The van der Waals surface area contributed by atoms with Crippen LogP contribution >= 0.6 is 23.1 Å². The molecule has 29 heteroatoms. The molecule has 3 aromatic heterocycles. The first-order valence-electron chi connectivity index (χ1n) is 28.5. The lowest BCUT2D eigenvalue weighted by atomic mass is 10.0. The van der Waals surface area contributed by atoms with Crippen molar-refractivity contribution in [3.8, 4) is 0 Å². The molecule has 6 rings (SSSR count). The number of carboxylic acid groups (broad SMARTS) is 1. The van der Waals surface area contributed by atoms with Crippen LogP contribution in [-0.4, -0.2) is 187 Å². The van der Waals surface area contributed by atoms with E-state index in [9.17, 15) is 57.8 Å². The highest BCUT2D eigenvalue weighted by Gasteiger charge is 2.40. The van der Waals surface area contributed by atoms with Gasteiger partial charge in [0.1, 0.15) is 48.3 Å². The highest BCUT2D eigenvalue weighted by atomic mass is 32.2. The van der Waals surface area contributed by atoms with E-state index in [4.69, 9.17) is 0 Å². The number of aliphatic carboxylic acids is 1. The summed E-state index contributed by atoms with van der Waals surface area (Å²) in [5, 5.41) is 38.9. The van der Waals surface area contributed by atoms with E-state index in [2.05, 4.69) is 73.1 Å². The molecule has 458 valence electrons. The summed E-state index contributed by atoms with van der Waals surface area (Å²) < 4.78 is 0. The molecule has 2 aliphatic heterocycles. The highest BCUT2D eigenvalue weighted by Crippen LogP contribution is 2.33. The number of thiazole rings is 1. The standard InChI is InChI=1S/C55H79N15O12S2/c1-5-36-47(74)59-27-45(71)63-37(14-15-46(72)73)49(76)65-38(16-20-83-4)50(77)67-41(21-32-12-13-32)51(78)66-40(22-33-9-6-17-56-25-33)48(75)58-18-7-10-39(62-31(2)3)55(82)70-19-8-11-44(70)54(81)69-43(24-35-28-84-30-61-35)53(80)68-42(52(79)64-36)23-34-26-57-29-60-34/h6,9,17,25-26,28-32,36-44,62H,5,7-8,10-16,18-24,27H2,1-4H3,(H,57,60)(H,58,75)(H,59,74)(H,63,71)(H,64,79)(H,65,76)(H,66,78)(H,67,77)(H,68,80)(H,69,81)(H,72,73)/t36-,37-,38-,39-,40-,41-,42-,43-,44+/m0/s1. The van der Waals surface area contributed by atoms with Gasteiger partial charge in [-0.3, -0.25) is 57.7 Å². The Bertz CT molecular complexity index is 2720. The molecule has 0 aromatic carbocycles. The van der Waals surface area contributed by atoms with Crippen molar-refractivity contribution in [3.05, 3.63) is 64.9 Å². The second kappa shape index (κ2) is 33.1. The summed E-state index contributed by atoms with van der Waals surface area (Å²) in [6, 6.07) is -7.57. The van der Waals surface area contributed by atoms with Crippen molar-refractivity contribution in [1.82, 2.24) is 78.0 Å². The number of pyridine rings is 1. The van der Waals surface area contributed by atoms with Crippen LogP contribution in [0.15, 0.2) is 47.9 Å². The third kappa shape index (κ3) is 21.0. The van der Waals surface area contributed by atoms with Crippen LogP contribution in [0.25, 0.3) is 0 Å². The monoisotopic (exact) mass is 1210 g/mol. The average molecular weight is 1210 g/mol. The van der Waals surface area contributed by atoms with Crippen LogP contribution in [0, 0.1) is 5.92 Å². The molecular weight excluding hydrogens is 1130 g/mol. The molecule has 9 atom stereocenters. The molecule has 0 radical (unpaired) electrons. The largest absolute Gasteiger partial charge is 0.481 e. The van der Waals surface area contributed by atoms with Gasteiger partial charge in [0.15, 0.2) is 0 Å². The molecule has 2 saturated heterocycles. The van der Waals surface area contributed by atoms with Gasteiger partial charge < -0.3 is 68.2 Å². The summed E-state index contributed by atoms with van der Waals surface area (Å²) >= 11 is 2.65. The molecule has 27 nitrogen and oxygen atoms in total. The van der Waals surface area contributed by atoms with Gasteiger partial charge in [-0.25, -0.2) is 9.97 Å². The minimum absolute atomic E-state index is 0.00222. The predicted octanol–water partition coefficient (Wildman–Crippen LogP) is -1.11. The number of carboxylic acids is 1. The fourth-order valence-corrected chi connectivity index (χ4v) is 10.9. The van der Waals surface area contributed by atoms with Crippen LogP contribution in [0.3, 0.4) is 0 Å². The maximum absolute atomic E-state index is 14.6. The Morgan fingerprint density at radius 2 is 1.36 bits per heavy atom. The lowest BCUT2D eigenvalue weighted by Gasteiger charge is -2.31. The van der Waals surface area contributed by atoms with E-state index in [0.29, 0.717) is 29.1 Å². The number of fused-ring (bicyclic) bond motifs is 1. The summed E-state index contributed by atoms with van der Waals surface area (Å²) in [7, 11) is 0. The second-order valence-corrected chi connectivity index (χ2v) is 23.2. The topological polar surface area (TPSA) is 386 Å². The van der Waals surface area contributed by atoms with Gasteiger partial charge in [-0.2, -0.15) is 11.8 Å². The summed E-state index contributed by atoms with van der Waals surface area (Å²) in [6.07, 6.45) is 9.75. The van der Waals surface area contributed by atoms with Crippen LogP contribution in [0.5, 0.6) is 0 Å². The number of hydrogen-bond donors (Lipinski definition) is 12. The maximum Gasteiger partial charge on any atom is 0.303 e. The van der Waals surface area contributed by atoms with Crippen LogP contribution in [0.4, 0.5) is 0 Å². The van der Waals surface area contributed by atoms with Gasteiger partial charge in [0.05, 0.1) is 35.8 Å². The van der Waals surface area contributed by atoms with Crippen molar-refractivity contribution in [2.75, 3.05) is 31.6 Å². The van der Waals surface area contributed by atoms with Crippen molar-refractivity contribution in [2.45, 2.75) is 171 Å². The first-order valence-corrected chi connectivity index (χ1v) is 30.8. The fraction of sp³-hybridized carbons (Fsp3) is 0.600. The van der Waals surface area contributed by atoms with Crippen molar-refractivity contribution in [3.63, 3.8) is 0 Å². The molecule has 3 aromatic rings. The maximum atomic E-state index is 14.6. The Kier molecular flexibility index (Phi) is 25.8. The average Bonchev–Trinajstić information content (AvgIpc) is 3.97. The number of aromatic amines is 1. The summed E-state index contributed by atoms with van der Waals surface area (Å²) in [5.74, 6) is -8.00. The first kappa shape index (κ1) is 65.6. The third-order valence-electron chi connectivity index (χ3n) is 14.5. The zero-order chi connectivity index (χ0) is 60.7. The molecule has 1 saturated carbocycles. The Morgan fingerprint density at radius 1 is 0.726 bits per heavy atom. The van der Waals surface area contributed by atoms with Crippen LogP contribution in [-0.2, 0) is 72.0 Å². The van der Waals surface area contributed by atoms with E-state index in [0.717, 1.165) is 12.8 Å². The van der Waals surface area contributed by atoms with Gasteiger partial charge in [0.2, 0.25) is 59.1 Å². The number of nitrogens with zero attached hydrogens (tertiary/aromatic N) is 4. The number of thioether (sulfide) groups is 1. The van der Waals surface area contributed by atoms with Crippen molar-refractivity contribution in [1.29, 1.82) is 0 Å². The third-order valence-corrected chi connectivity index (χ3v) is 15.8. The minimum atomic E-state index is -1.52. The number of imidazole rings is 1. The Balaban J connectivity index is 1.31. The number of carbonyl (C=O) groups is 11. The molecule has 0 unspecified atom stereocenters. The Hall–Kier alpha value is -7.53. The van der Waals surface area contributed by atoms with Gasteiger partial charge in [-0.1, -0.05) is 39.7 Å². The number of carbonyl (C=O) groups excluding carboxylic acids is 10. The van der Waals surface area contributed by atoms with E-state index >= 15 is 0 Å². The van der Waals surface area contributed by atoms with Gasteiger partial charge in [0, 0.05) is 68.8 Å². The number of amides is 10. The van der Waals surface area contributed by atoms with Gasteiger partial charge >= 0.3 is 5.97 Å². The summed E-state index contributed by atoms with van der Waals surface area (Å²) in [6.45, 7) is 4.93. The normalized spacial score (nSPS) is 25.6. The smallest absolute Gasteiger partial charge is 0.303 e. The number of rotatable bonds is 17. The molecule has 0 bridgehead atoms. The van der Waals surface area contributed by atoms with Crippen molar-refractivity contribution < 1.29 is 57.8 Å². The molecule has 10 amide bonds. The Morgan fingerprint density at radius 3 is 1.98 bits per heavy atom. The van der Waals surface area contributed by atoms with E-state index in [1.165, 1.54) is 40.5 Å². The summed E-state index contributed by atoms with van der Waals surface area (Å²) in [5.41, 5.74) is 3.02. The number of H-pyrrole nitrogens is 1. The molecule has 3 aliphatic rings. The number of nitrogens with one attached hydrogen (secondary N) is 11. The fourth-order valence-electron chi connectivity index (χ4n) is 9.84. The quantitative estimate of drug-likeness (QED) is 0.0763. The zero-order valence-corrected chi connectivity index (χ0v) is 49.4. The number of aromatic nitrogens is 4. The molecular formula is C55H79N15O12S2. The molecule has 5 heterocycles. The SMILES string of the molecule is CC[C@@H]1NC(=O)[C@H](Cc2c[nH]cn2)NC(=O)[C@H](Cc2cscn2)NC(=O)[C@H]2CCCN2C(=O)[C@@H](NC(C)C)CCCNC(=O)[C@H](Cc2cccnc2)NC(=O)[C@H](CC2CC2)NC(=O)[C@H](CCSC)NC(=O)[C@H](CCC(=O)O)NC(=O)CNC1=O. The van der Waals surface area contributed by atoms with E-state index in [1.807, 2.05) is 13.8 Å². The van der Waals surface area contributed by atoms with Crippen LogP contribution in [0.2, 0.25) is 0 Å². The summed E-state index contributed by atoms with van der Waals surface area (Å²) in [4.78, 5) is 170. The van der Waals surface area contributed by atoms with Crippen LogP contribution in [0.1, 0.15) is 108 Å². The Labute approximate surface area is 495 Å². The molecule has 3 fully saturated rings. The van der Waals surface area contributed by atoms with Crippen molar-refractivity contribution >= 4 is 88.1 Å². The first-order chi connectivity index (χ1) is 40.3. The lowest BCUT2D eigenvalue weighted by molar-refractivity contribution is -0.141. The highest BCUT2D eigenvalue weighted by molar-refractivity contribution is 7.98. The number of hydrogen-bond acceptors (Lipinski definition) is 17. The lowest BCUT2D eigenvalue weighted by Crippen LogP contribution is -2.60.